The Hall–Kier alpha value is -2.77. The second-order valence-electron chi connectivity index (χ2n) is 6.83. The van der Waals surface area contributed by atoms with Crippen molar-refractivity contribution in [3.05, 3.63) is 59.7 Å². The van der Waals surface area contributed by atoms with Gasteiger partial charge in [0.25, 0.3) is 0 Å². The van der Waals surface area contributed by atoms with E-state index in [9.17, 15) is 4.79 Å². The Morgan fingerprint density at radius 2 is 1.76 bits per heavy atom. The maximum absolute atomic E-state index is 12.3. The quantitative estimate of drug-likeness (QED) is 0.714. The first-order chi connectivity index (χ1) is 14.2. The van der Waals surface area contributed by atoms with Gasteiger partial charge in [0.15, 0.2) is 11.5 Å². The Morgan fingerprint density at radius 1 is 1.03 bits per heavy atom. The van der Waals surface area contributed by atoms with Crippen LogP contribution in [0, 0.1) is 0 Å². The molecule has 7 heteroatoms. The van der Waals surface area contributed by atoms with E-state index in [0.29, 0.717) is 37.8 Å². The molecule has 3 rings (SSSR count). The van der Waals surface area contributed by atoms with Gasteiger partial charge in [-0.3, -0.25) is 4.90 Å². The summed E-state index contributed by atoms with van der Waals surface area (Å²) < 4.78 is 16.3. The Kier molecular flexibility index (Phi) is 7.72. The van der Waals surface area contributed by atoms with Crippen molar-refractivity contribution < 1.29 is 19.0 Å². The van der Waals surface area contributed by atoms with E-state index in [1.807, 2.05) is 48.5 Å². The van der Waals surface area contributed by atoms with Crippen LogP contribution in [-0.2, 0) is 11.3 Å². The van der Waals surface area contributed by atoms with Crippen molar-refractivity contribution in [2.75, 3.05) is 47.1 Å². The summed E-state index contributed by atoms with van der Waals surface area (Å²) in [5.74, 6) is 1.36. The molecule has 2 aromatic rings. The van der Waals surface area contributed by atoms with Gasteiger partial charge in [-0.2, -0.15) is 0 Å². The summed E-state index contributed by atoms with van der Waals surface area (Å²) in [6.45, 7) is 3.97. The summed E-state index contributed by atoms with van der Waals surface area (Å²) in [6.07, 6.45) is 0. The zero-order chi connectivity index (χ0) is 20.5. The fourth-order valence-electron chi connectivity index (χ4n) is 3.44. The molecule has 1 atom stereocenters. The SMILES string of the molecule is COc1ccc([C@@H](CNC(=O)NCc2ccccc2)N2CCOCC2)cc1OC. The average molecular weight is 399 g/mol. The lowest BCUT2D eigenvalue weighted by Crippen LogP contribution is -2.45. The highest BCUT2D eigenvalue weighted by atomic mass is 16.5. The van der Waals surface area contributed by atoms with E-state index >= 15 is 0 Å². The van der Waals surface area contributed by atoms with Gasteiger partial charge in [0.1, 0.15) is 0 Å². The lowest BCUT2D eigenvalue weighted by atomic mass is 10.0. The highest BCUT2D eigenvalue weighted by molar-refractivity contribution is 5.73. The summed E-state index contributed by atoms with van der Waals surface area (Å²) in [5.41, 5.74) is 2.13. The summed E-state index contributed by atoms with van der Waals surface area (Å²) in [6, 6.07) is 15.6. The number of nitrogens with zero attached hydrogens (tertiary/aromatic N) is 1. The van der Waals surface area contributed by atoms with Crippen LogP contribution in [0.1, 0.15) is 17.2 Å². The lowest BCUT2D eigenvalue weighted by molar-refractivity contribution is 0.0166. The zero-order valence-electron chi connectivity index (χ0n) is 17.0. The number of urea groups is 1. The first-order valence-electron chi connectivity index (χ1n) is 9.80. The van der Waals surface area contributed by atoms with Gasteiger partial charge in [0.05, 0.1) is 33.5 Å². The summed E-state index contributed by atoms with van der Waals surface area (Å²) in [7, 11) is 3.25. The zero-order valence-corrected chi connectivity index (χ0v) is 17.0. The van der Waals surface area contributed by atoms with E-state index in [1.165, 1.54) is 0 Å². The van der Waals surface area contributed by atoms with Gasteiger partial charge in [-0.15, -0.1) is 0 Å². The van der Waals surface area contributed by atoms with Crippen LogP contribution in [0.5, 0.6) is 11.5 Å². The molecule has 0 saturated carbocycles. The van der Waals surface area contributed by atoms with Crippen LogP contribution < -0.4 is 20.1 Å². The largest absolute Gasteiger partial charge is 0.493 e. The number of nitrogens with one attached hydrogen (secondary N) is 2. The van der Waals surface area contributed by atoms with Crippen molar-refractivity contribution in [2.24, 2.45) is 0 Å². The molecule has 156 valence electrons. The Morgan fingerprint density at radius 3 is 2.45 bits per heavy atom. The Labute approximate surface area is 171 Å². The molecule has 7 nitrogen and oxygen atoms in total. The highest BCUT2D eigenvalue weighted by Gasteiger charge is 2.24. The molecule has 1 aliphatic heterocycles. The van der Waals surface area contributed by atoms with Crippen molar-refractivity contribution in [2.45, 2.75) is 12.6 Å². The van der Waals surface area contributed by atoms with Crippen molar-refractivity contribution in [3.63, 3.8) is 0 Å². The topological polar surface area (TPSA) is 72.1 Å². The van der Waals surface area contributed by atoms with Gasteiger partial charge in [0.2, 0.25) is 0 Å². The minimum atomic E-state index is -0.187. The summed E-state index contributed by atoms with van der Waals surface area (Å²) >= 11 is 0. The van der Waals surface area contributed by atoms with Gasteiger partial charge in [-0.05, 0) is 23.3 Å². The van der Waals surface area contributed by atoms with Gasteiger partial charge < -0.3 is 24.8 Å². The fourth-order valence-corrected chi connectivity index (χ4v) is 3.44. The van der Waals surface area contributed by atoms with E-state index in [-0.39, 0.29) is 12.1 Å². The predicted molar refractivity (Wildman–Crippen MR) is 111 cm³/mol. The molecule has 2 amide bonds. The molecule has 2 N–H and O–H groups in total. The van der Waals surface area contributed by atoms with E-state index in [4.69, 9.17) is 14.2 Å². The molecule has 0 aliphatic carbocycles. The van der Waals surface area contributed by atoms with Crippen LogP contribution in [0.25, 0.3) is 0 Å². The third kappa shape index (κ3) is 5.85. The Bertz CT molecular complexity index is 779. The summed E-state index contributed by atoms with van der Waals surface area (Å²) in [4.78, 5) is 14.7. The fraction of sp³-hybridized carbons (Fsp3) is 0.409. The molecule has 1 fully saturated rings. The monoisotopic (exact) mass is 399 g/mol. The Balaban J connectivity index is 1.66. The molecule has 1 heterocycles. The predicted octanol–water partition coefficient (Wildman–Crippen LogP) is 2.58. The van der Waals surface area contributed by atoms with Gasteiger partial charge >= 0.3 is 6.03 Å². The normalized spacial score (nSPS) is 15.4. The van der Waals surface area contributed by atoms with Crippen molar-refractivity contribution >= 4 is 6.03 Å². The summed E-state index contributed by atoms with van der Waals surface area (Å²) in [5, 5.41) is 5.92. The molecule has 1 aliphatic rings. The number of hydrogen-bond donors (Lipinski definition) is 2. The first kappa shape index (κ1) is 21.0. The van der Waals surface area contributed by atoms with Crippen LogP contribution >= 0.6 is 0 Å². The molecule has 0 aromatic heterocycles. The molecule has 0 radical (unpaired) electrons. The van der Waals surface area contributed by atoms with E-state index < -0.39 is 0 Å². The first-order valence-corrected chi connectivity index (χ1v) is 9.80. The standard InChI is InChI=1S/C22H29N3O4/c1-27-20-9-8-18(14-21(20)28-2)19(25-10-12-29-13-11-25)16-24-22(26)23-15-17-6-4-3-5-7-17/h3-9,14,19H,10-13,15-16H2,1-2H3,(H2,23,24,26)/t19-/m1/s1. The number of amides is 2. The molecule has 29 heavy (non-hydrogen) atoms. The molecule has 2 aromatic carbocycles. The molecular formula is C22H29N3O4. The van der Waals surface area contributed by atoms with E-state index in [2.05, 4.69) is 15.5 Å². The number of hydrogen-bond acceptors (Lipinski definition) is 5. The van der Waals surface area contributed by atoms with Crippen molar-refractivity contribution in [3.8, 4) is 11.5 Å². The molecule has 0 bridgehead atoms. The van der Waals surface area contributed by atoms with Crippen LogP contribution in [-0.4, -0.2) is 58.0 Å². The van der Waals surface area contributed by atoms with Crippen molar-refractivity contribution in [1.29, 1.82) is 0 Å². The number of carbonyl (C=O) groups excluding carboxylic acids is 1. The second kappa shape index (κ2) is 10.7. The number of methoxy groups -OCH3 is 2. The molecular weight excluding hydrogens is 370 g/mol. The average Bonchev–Trinajstić information content (AvgIpc) is 2.79. The van der Waals surface area contributed by atoms with Crippen LogP contribution in [0.4, 0.5) is 4.79 Å². The van der Waals surface area contributed by atoms with Gasteiger partial charge in [-0.1, -0.05) is 36.4 Å². The number of rotatable bonds is 8. The molecule has 0 spiro atoms. The van der Waals surface area contributed by atoms with E-state index in [0.717, 1.165) is 24.2 Å². The third-order valence-electron chi connectivity index (χ3n) is 5.03. The minimum absolute atomic E-state index is 0.0150. The van der Waals surface area contributed by atoms with Crippen LogP contribution in [0.2, 0.25) is 0 Å². The maximum atomic E-state index is 12.3. The minimum Gasteiger partial charge on any atom is -0.493 e. The van der Waals surface area contributed by atoms with Gasteiger partial charge in [-0.25, -0.2) is 4.79 Å². The van der Waals surface area contributed by atoms with Crippen molar-refractivity contribution in [1.82, 2.24) is 15.5 Å². The maximum Gasteiger partial charge on any atom is 0.315 e. The molecule has 0 unspecified atom stereocenters. The van der Waals surface area contributed by atoms with Crippen LogP contribution in [0.15, 0.2) is 48.5 Å². The number of benzene rings is 2. The lowest BCUT2D eigenvalue weighted by Gasteiger charge is -2.35. The third-order valence-corrected chi connectivity index (χ3v) is 5.03. The van der Waals surface area contributed by atoms with E-state index in [1.54, 1.807) is 14.2 Å². The number of carbonyl (C=O) groups is 1. The number of morpholine rings is 1. The van der Waals surface area contributed by atoms with Crippen LogP contribution in [0.3, 0.4) is 0 Å². The second-order valence-corrected chi connectivity index (χ2v) is 6.83. The highest BCUT2D eigenvalue weighted by Crippen LogP contribution is 2.32. The smallest absolute Gasteiger partial charge is 0.315 e. The van der Waals surface area contributed by atoms with Gasteiger partial charge in [0, 0.05) is 26.2 Å². The number of ether oxygens (including phenoxy) is 3. The molecule has 1 saturated heterocycles.